The second-order valence-corrected chi connectivity index (χ2v) is 7.62. The van der Waals surface area contributed by atoms with Crippen molar-refractivity contribution in [3.8, 4) is 0 Å². The molecule has 0 unspecified atom stereocenters. The number of esters is 1. The number of nitrogens with one attached hydrogen (secondary N) is 2. The molecule has 0 bridgehead atoms. The van der Waals surface area contributed by atoms with Crippen LogP contribution in [0.25, 0.3) is 0 Å². The van der Waals surface area contributed by atoms with E-state index in [1.807, 2.05) is 6.92 Å². The van der Waals surface area contributed by atoms with E-state index in [4.69, 9.17) is 4.74 Å². The highest BCUT2D eigenvalue weighted by Crippen LogP contribution is 2.16. The molecule has 27 heavy (non-hydrogen) atoms. The Kier molecular flexibility index (Phi) is 7.62. The third-order valence-electron chi connectivity index (χ3n) is 4.86. The SMILES string of the molecule is CCCOC(=O)c1ccc(NC(=O)NCC(C)(C)N2CCN(C)CC2)cc1. The van der Waals surface area contributed by atoms with Gasteiger partial charge in [-0.25, -0.2) is 9.59 Å². The Hall–Kier alpha value is -2.12. The molecule has 1 fully saturated rings. The van der Waals surface area contributed by atoms with Gasteiger partial charge in [-0.2, -0.15) is 0 Å². The molecule has 2 N–H and O–H groups in total. The van der Waals surface area contributed by atoms with E-state index >= 15 is 0 Å². The second-order valence-electron chi connectivity index (χ2n) is 7.62. The normalized spacial score (nSPS) is 16.0. The minimum Gasteiger partial charge on any atom is -0.462 e. The van der Waals surface area contributed by atoms with Gasteiger partial charge in [-0.15, -0.1) is 0 Å². The van der Waals surface area contributed by atoms with E-state index in [9.17, 15) is 9.59 Å². The summed E-state index contributed by atoms with van der Waals surface area (Å²) in [6.07, 6.45) is 0.788. The van der Waals surface area contributed by atoms with Crippen LogP contribution in [0.5, 0.6) is 0 Å². The minimum atomic E-state index is -0.346. The van der Waals surface area contributed by atoms with Gasteiger partial charge in [0.2, 0.25) is 0 Å². The van der Waals surface area contributed by atoms with Crippen LogP contribution in [0.3, 0.4) is 0 Å². The van der Waals surface area contributed by atoms with E-state index < -0.39 is 0 Å². The van der Waals surface area contributed by atoms with E-state index in [2.05, 4.69) is 41.3 Å². The lowest BCUT2D eigenvalue weighted by Gasteiger charge is -2.43. The summed E-state index contributed by atoms with van der Waals surface area (Å²) in [7, 11) is 2.13. The quantitative estimate of drug-likeness (QED) is 0.715. The molecule has 7 nitrogen and oxygen atoms in total. The smallest absolute Gasteiger partial charge is 0.338 e. The number of likely N-dealkylation sites (N-methyl/N-ethyl adjacent to an activating group) is 1. The number of rotatable bonds is 7. The summed E-state index contributed by atoms with van der Waals surface area (Å²) in [5, 5.41) is 5.75. The summed E-state index contributed by atoms with van der Waals surface area (Å²) in [6, 6.07) is 6.46. The molecule has 0 atom stereocenters. The largest absolute Gasteiger partial charge is 0.462 e. The topological polar surface area (TPSA) is 73.9 Å². The molecule has 7 heteroatoms. The van der Waals surface area contributed by atoms with E-state index in [1.165, 1.54) is 0 Å². The zero-order valence-electron chi connectivity index (χ0n) is 16.9. The van der Waals surface area contributed by atoms with Gasteiger partial charge in [-0.05, 0) is 51.6 Å². The molecule has 150 valence electrons. The van der Waals surface area contributed by atoms with Gasteiger partial charge in [0, 0.05) is 44.0 Å². The number of carbonyl (C=O) groups is 2. The molecule has 1 aliphatic rings. The van der Waals surface area contributed by atoms with E-state index in [-0.39, 0.29) is 17.5 Å². The van der Waals surface area contributed by atoms with Gasteiger partial charge in [-0.3, -0.25) is 4.90 Å². The maximum Gasteiger partial charge on any atom is 0.338 e. The average molecular weight is 377 g/mol. The molecule has 0 radical (unpaired) electrons. The molecular formula is C20H32N4O3. The van der Waals surface area contributed by atoms with Crippen molar-refractivity contribution in [2.24, 2.45) is 0 Å². The predicted octanol–water partition coefficient (Wildman–Crippen LogP) is 2.40. The van der Waals surface area contributed by atoms with Crippen LogP contribution in [0.1, 0.15) is 37.6 Å². The third kappa shape index (κ3) is 6.52. The highest BCUT2D eigenvalue weighted by atomic mass is 16.5. The average Bonchev–Trinajstić information content (AvgIpc) is 2.65. The van der Waals surface area contributed by atoms with Crippen LogP contribution < -0.4 is 10.6 Å². The molecule has 0 spiro atoms. The number of hydrogen-bond acceptors (Lipinski definition) is 5. The van der Waals surface area contributed by atoms with Crippen LogP contribution in [0, 0.1) is 0 Å². The zero-order valence-corrected chi connectivity index (χ0v) is 16.9. The fraction of sp³-hybridized carbons (Fsp3) is 0.600. The van der Waals surface area contributed by atoms with Crippen molar-refractivity contribution in [3.05, 3.63) is 29.8 Å². The number of benzene rings is 1. The van der Waals surface area contributed by atoms with Crippen LogP contribution in [-0.4, -0.2) is 73.7 Å². The molecule has 1 saturated heterocycles. The van der Waals surface area contributed by atoms with E-state index in [1.54, 1.807) is 24.3 Å². The van der Waals surface area contributed by atoms with Crippen molar-refractivity contribution >= 4 is 17.7 Å². The molecule has 0 aliphatic carbocycles. The van der Waals surface area contributed by atoms with Gasteiger partial charge < -0.3 is 20.3 Å². The van der Waals surface area contributed by atoms with Crippen molar-refractivity contribution in [1.29, 1.82) is 0 Å². The summed E-state index contributed by atoms with van der Waals surface area (Å²) in [5.41, 5.74) is 1.01. The number of piperazine rings is 1. The highest BCUT2D eigenvalue weighted by Gasteiger charge is 2.29. The number of urea groups is 1. The maximum atomic E-state index is 12.2. The first-order valence-corrected chi connectivity index (χ1v) is 9.57. The first-order chi connectivity index (χ1) is 12.8. The first kappa shape index (κ1) is 21.2. The van der Waals surface area contributed by atoms with E-state index in [0.29, 0.717) is 24.4 Å². The van der Waals surface area contributed by atoms with Gasteiger partial charge in [0.1, 0.15) is 0 Å². The molecule has 1 aromatic rings. The second kappa shape index (κ2) is 9.71. The van der Waals surface area contributed by atoms with Crippen LogP contribution in [0.4, 0.5) is 10.5 Å². The lowest BCUT2D eigenvalue weighted by molar-refractivity contribution is 0.0505. The van der Waals surface area contributed by atoms with Crippen molar-refractivity contribution in [3.63, 3.8) is 0 Å². The van der Waals surface area contributed by atoms with E-state index in [0.717, 1.165) is 32.6 Å². The van der Waals surface area contributed by atoms with Crippen molar-refractivity contribution in [1.82, 2.24) is 15.1 Å². The number of hydrogen-bond donors (Lipinski definition) is 2. The standard InChI is InChI=1S/C20H32N4O3/c1-5-14-27-18(25)16-6-8-17(9-7-16)22-19(26)21-15-20(2,3)24-12-10-23(4)11-13-24/h6-9H,5,10-15H2,1-4H3,(H2,21,22,26). The Morgan fingerprint density at radius 1 is 1.11 bits per heavy atom. The van der Waals surface area contributed by atoms with Gasteiger partial charge in [0.15, 0.2) is 0 Å². The van der Waals surface area contributed by atoms with Crippen molar-refractivity contribution in [2.45, 2.75) is 32.7 Å². The number of amides is 2. The summed E-state index contributed by atoms with van der Waals surface area (Å²) < 4.78 is 5.09. The Labute approximate surface area is 162 Å². The molecule has 0 saturated carbocycles. The summed E-state index contributed by atoms with van der Waals surface area (Å²) in [5.74, 6) is -0.346. The molecule has 1 aromatic carbocycles. The zero-order chi connectivity index (χ0) is 19.9. The van der Waals surface area contributed by atoms with Crippen LogP contribution in [0.2, 0.25) is 0 Å². The number of carbonyl (C=O) groups excluding carboxylic acids is 2. The fourth-order valence-corrected chi connectivity index (χ4v) is 2.96. The Morgan fingerprint density at radius 2 is 1.74 bits per heavy atom. The summed E-state index contributed by atoms with van der Waals surface area (Å²) in [6.45, 7) is 11.3. The van der Waals surface area contributed by atoms with Crippen molar-refractivity contribution < 1.29 is 14.3 Å². The maximum absolute atomic E-state index is 12.2. The lowest BCUT2D eigenvalue weighted by atomic mass is 10.0. The molecule has 2 rings (SSSR count). The molecular weight excluding hydrogens is 344 g/mol. The van der Waals surface area contributed by atoms with Gasteiger partial charge in [0.25, 0.3) is 0 Å². The number of ether oxygens (including phenoxy) is 1. The highest BCUT2D eigenvalue weighted by molar-refractivity contribution is 5.92. The molecule has 1 heterocycles. The Balaban J connectivity index is 1.80. The molecule has 1 aliphatic heterocycles. The first-order valence-electron chi connectivity index (χ1n) is 9.57. The molecule has 2 amide bonds. The van der Waals surface area contributed by atoms with Crippen molar-refractivity contribution in [2.75, 3.05) is 51.7 Å². The van der Waals surface area contributed by atoms with Crippen LogP contribution >= 0.6 is 0 Å². The van der Waals surface area contributed by atoms with Gasteiger partial charge >= 0.3 is 12.0 Å². The lowest BCUT2D eigenvalue weighted by Crippen LogP contribution is -2.58. The predicted molar refractivity (Wildman–Crippen MR) is 107 cm³/mol. The minimum absolute atomic E-state index is 0.106. The van der Waals surface area contributed by atoms with Gasteiger partial charge in [-0.1, -0.05) is 6.92 Å². The number of anilines is 1. The monoisotopic (exact) mass is 376 g/mol. The van der Waals surface area contributed by atoms with Gasteiger partial charge in [0.05, 0.1) is 12.2 Å². The Morgan fingerprint density at radius 3 is 2.33 bits per heavy atom. The van der Waals surface area contributed by atoms with Crippen LogP contribution in [0.15, 0.2) is 24.3 Å². The summed E-state index contributed by atoms with van der Waals surface area (Å²) >= 11 is 0. The summed E-state index contributed by atoms with van der Waals surface area (Å²) in [4.78, 5) is 28.7. The number of nitrogens with zero attached hydrogens (tertiary/aromatic N) is 2. The fourth-order valence-electron chi connectivity index (χ4n) is 2.96. The Bertz CT molecular complexity index is 623. The molecule has 0 aromatic heterocycles. The third-order valence-corrected chi connectivity index (χ3v) is 4.86. The van der Waals surface area contributed by atoms with Crippen LogP contribution in [-0.2, 0) is 4.74 Å².